The van der Waals surface area contributed by atoms with Crippen molar-refractivity contribution < 1.29 is 9.53 Å². The SMILES string of the molecule is CC[C@H]1CC[C@H](NC(=O)COC)CC1. The first-order chi connectivity index (χ1) is 6.76. The van der Waals surface area contributed by atoms with Crippen LogP contribution >= 0.6 is 0 Å². The minimum Gasteiger partial charge on any atom is -0.375 e. The zero-order chi connectivity index (χ0) is 10.4. The van der Waals surface area contributed by atoms with E-state index in [1.54, 1.807) is 7.11 Å². The van der Waals surface area contributed by atoms with Gasteiger partial charge < -0.3 is 10.1 Å². The minimum absolute atomic E-state index is 0.0208. The number of amides is 1. The van der Waals surface area contributed by atoms with Crippen LogP contribution in [0.3, 0.4) is 0 Å². The zero-order valence-corrected chi connectivity index (χ0v) is 9.21. The van der Waals surface area contributed by atoms with Crippen molar-refractivity contribution in [1.82, 2.24) is 5.32 Å². The molecule has 1 saturated carbocycles. The Morgan fingerprint density at radius 2 is 2.00 bits per heavy atom. The van der Waals surface area contributed by atoms with Gasteiger partial charge in [0.25, 0.3) is 0 Å². The highest BCUT2D eigenvalue weighted by molar-refractivity contribution is 5.77. The van der Waals surface area contributed by atoms with Crippen LogP contribution in [0.1, 0.15) is 39.0 Å². The van der Waals surface area contributed by atoms with Gasteiger partial charge in [-0.3, -0.25) is 4.79 Å². The van der Waals surface area contributed by atoms with E-state index in [2.05, 4.69) is 12.2 Å². The maximum atomic E-state index is 11.2. The smallest absolute Gasteiger partial charge is 0.246 e. The number of rotatable bonds is 4. The lowest BCUT2D eigenvalue weighted by molar-refractivity contribution is -0.125. The molecule has 1 N–H and O–H groups in total. The molecule has 82 valence electrons. The summed E-state index contributed by atoms with van der Waals surface area (Å²) in [6.07, 6.45) is 6.06. The zero-order valence-electron chi connectivity index (χ0n) is 9.21. The molecule has 3 heteroatoms. The van der Waals surface area contributed by atoms with Crippen LogP contribution in [0.5, 0.6) is 0 Å². The van der Waals surface area contributed by atoms with Crippen LogP contribution in [0.15, 0.2) is 0 Å². The molecular formula is C11H21NO2. The van der Waals surface area contributed by atoms with Crippen molar-refractivity contribution in [2.75, 3.05) is 13.7 Å². The van der Waals surface area contributed by atoms with Gasteiger partial charge in [0.15, 0.2) is 0 Å². The van der Waals surface area contributed by atoms with E-state index in [4.69, 9.17) is 4.74 Å². The summed E-state index contributed by atoms with van der Waals surface area (Å²) in [6.45, 7) is 2.43. The van der Waals surface area contributed by atoms with Crippen LogP contribution in [-0.4, -0.2) is 25.7 Å². The molecule has 0 heterocycles. The second kappa shape index (κ2) is 6.02. The predicted molar refractivity (Wildman–Crippen MR) is 56.1 cm³/mol. The monoisotopic (exact) mass is 199 g/mol. The van der Waals surface area contributed by atoms with Gasteiger partial charge in [0, 0.05) is 13.2 Å². The number of methoxy groups -OCH3 is 1. The average Bonchev–Trinajstić information content (AvgIpc) is 2.19. The lowest BCUT2D eigenvalue weighted by atomic mass is 9.84. The highest BCUT2D eigenvalue weighted by Crippen LogP contribution is 2.26. The molecule has 1 aliphatic rings. The summed E-state index contributed by atoms with van der Waals surface area (Å²) < 4.78 is 4.78. The first-order valence-corrected chi connectivity index (χ1v) is 5.54. The molecule has 0 atom stereocenters. The Kier molecular flexibility index (Phi) is 4.94. The summed E-state index contributed by atoms with van der Waals surface area (Å²) in [4.78, 5) is 11.2. The molecule has 0 aromatic heterocycles. The third-order valence-electron chi connectivity index (χ3n) is 3.06. The molecule has 0 unspecified atom stereocenters. The molecule has 1 amide bonds. The Bertz CT molecular complexity index is 174. The Morgan fingerprint density at radius 3 is 2.50 bits per heavy atom. The highest BCUT2D eigenvalue weighted by atomic mass is 16.5. The van der Waals surface area contributed by atoms with Crippen molar-refractivity contribution in [3.63, 3.8) is 0 Å². The van der Waals surface area contributed by atoms with E-state index >= 15 is 0 Å². The van der Waals surface area contributed by atoms with E-state index in [0.29, 0.717) is 6.04 Å². The van der Waals surface area contributed by atoms with Crippen LogP contribution in [0.4, 0.5) is 0 Å². The summed E-state index contributed by atoms with van der Waals surface area (Å²) in [5.74, 6) is 0.901. The summed E-state index contributed by atoms with van der Waals surface area (Å²) >= 11 is 0. The molecule has 3 nitrogen and oxygen atoms in total. The summed E-state index contributed by atoms with van der Waals surface area (Å²) in [5.41, 5.74) is 0. The Morgan fingerprint density at radius 1 is 1.36 bits per heavy atom. The molecule has 0 aromatic carbocycles. The van der Waals surface area contributed by atoms with Gasteiger partial charge in [-0.05, 0) is 31.6 Å². The molecule has 0 aromatic rings. The van der Waals surface area contributed by atoms with Gasteiger partial charge in [0.2, 0.25) is 5.91 Å². The second-order valence-electron chi connectivity index (χ2n) is 4.13. The molecule has 1 aliphatic carbocycles. The molecule has 0 saturated heterocycles. The van der Waals surface area contributed by atoms with Crippen LogP contribution < -0.4 is 5.32 Å². The van der Waals surface area contributed by atoms with Gasteiger partial charge in [-0.1, -0.05) is 13.3 Å². The van der Waals surface area contributed by atoms with Gasteiger partial charge >= 0.3 is 0 Å². The van der Waals surface area contributed by atoms with E-state index in [1.807, 2.05) is 0 Å². The minimum atomic E-state index is 0.0208. The van der Waals surface area contributed by atoms with E-state index in [0.717, 1.165) is 18.8 Å². The number of hydrogen-bond acceptors (Lipinski definition) is 2. The van der Waals surface area contributed by atoms with Crippen LogP contribution in [0.2, 0.25) is 0 Å². The van der Waals surface area contributed by atoms with Crippen LogP contribution in [-0.2, 0) is 9.53 Å². The van der Waals surface area contributed by atoms with Gasteiger partial charge in [-0.25, -0.2) is 0 Å². The molecule has 0 aliphatic heterocycles. The summed E-state index contributed by atoms with van der Waals surface area (Å²) in [5, 5.41) is 3.00. The molecule has 0 spiro atoms. The molecule has 0 bridgehead atoms. The lowest BCUT2D eigenvalue weighted by Crippen LogP contribution is -2.39. The largest absolute Gasteiger partial charge is 0.375 e. The normalized spacial score (nSPS) is 27.3. The predicted octanol–water partition coefficient (Wildman–Crippen LogP) is 1.72. The fourth-order valence-electron chi connectivity index (χ4n) is 2.12. The standard InChI is InChI=1S/C11H21NO2/c1-3-9-4-6-10(7-5-9)12-11(13)8-14-2/h9-10H,3-8H2,1-2H3,(H,12,13)/t9-,10-. The topological polar surface area (TPSA) is 38.3 Å². The number of hydrogen-bond donors (Lipinski definition) is 1. The van der Waals surface area contributed by atoms with Crippen molar-refractivity contribution in [3.8, 4) is 0 Å². The van der Waals surface area contributed by atoms with E-state index < -0.39 is 0 Å². The van der Waals surface area contributed by atoms with Crippen LogP contribution in [0, 0.1) is 5.92 Å². The first kappa shape index (κ1) is 11.5. The lowest BCUT2D eigenvalue weighted by Gasteiger charge is -2.28. The summed E-state index contributed by atoms with van der Waals surface area (Å²) in [6, 6.07) is 0.389. The summed E-state index contributed by atoms with van der Waals surface area (Å²) in [7, 11) is 1.55. The average molecular weight is 199 g/mol. The fourth-order valence-corrected chi connectivity index (χ4v) is 2.12. The number of carbonyl (C=O) groups is 1. The number of nitrogens with one attached hydrogen (secondary N) is 1. The van der Waals surface area contributed by atoms with Crippen molar-refractivity contribution >= 4 is 5.91 Å². The molecule has 1 fully saturated rings. The first-order valence-electron chi connectivity index (χ1n) is 5.54. The molecule has 0 radical (unpaired) electrons. The van der Waals surface area contributed by atoms with Crippen molar-refractivity contribution in [2.45, 2.75) is 45.1 Å². The fraction of sp³-hybridized carbons (Fsp3) is 0.909. The van der Waals surface area contributed by atoms with Gasteiger partial charge in [0.05, 0.1) is 0 Å². The van der Waals surface area contributed by atoms with E-state index in [1.165, 1.54) is 19.3 Å². The van der Waals surface area contributed by atoms with E-state index in [-0.39, 0.29) is 12.5 Å². The molecular weight excluding hydrogens is 178 g/mol. The quantitative estimate of drug-likeness (QED) is 0.748. The molecule has 1 rings (SSSR count). The number of carbonyl (C=O) groups excluding carboxylic acids is 1. The third kappa shape index (κ3) is 3.66. The maximum Gasteiger partial charge on any atom is 0.246 e. The maximum absolute atomic E-state index is 11.2. The van der Waals surface area contributed by atoms with Crippen molar-refractivity contribution in [1.29, 1.82) is 0 Å². The van der Waals surface area contributed by atoms with Crippen LogP contribution in [0.25, 0.3) is 0 Å². The van der Waals surface area contributed by atoms with Crippen molar-refractivity contribution in [3.05, 3.63) is 0 Å². The van der Waals surface area contributed by atoms with E-state index in [9.17, 15) is 4.79 Å². The van der Waals surface area contributed by atoms with Gasteiger partial charge in [-0.2, -0.15) is 0 Å². The Hall–Kier alpha value is -0.570. The van der Waals surface area contributed by atoms with Crippen molar-refractivity contribution in [2.24, 2.45) is 5.92 Å². The Labute approximate surface area is 86.2 Å². The number of ether oxygens (including phenoxy) is 1. The molecule has 14 heavy (non-hydrogen) atoms. The highest BCUT2D eigenvalue weighted by Gasteiger charge is 2.20. The van der Waals surface area contributed by atoms with Gasteiger partial charge in [0.1, 0.15) is 6.61 Å². The van der Waals surface area contributed by atoms with Gasteiger partial charge in [-0.15, -0.1) is 0 Å². The Balaban J connectivity index is 2.18. The second-order valence-corrected chi connectivity index (χ2v) is 4.13. The third-order valence-corrected chi connectivity index (χ3v) is 3.06.